The Morgan fingerprint density at radius 1 is 1.28 bits per heavy atom. The third-order valence-electron chi connectivity index (χ3n) is 4.24. The highest BCUT2D eigenvalue weighted by Gasteiger charge is 2.23. The first-order valence-corrected chi connectivity index (χ1v) is 7.23. The van der Waals surface area contributed by atoms with Crippen molar-refractivity contribution in [2.24, 2.45) is 11.7 Å². The van der Waals surface area contributed by atoms with Crippen molar-refractivity contribution in [3.63, 3.8) is 0 Å². The lowest BCUT2D eigenvalue weighted by atomic mass is 9.86. The van der Waals surface area contributed by atoms with E-state index < -0.39 is 0 Å². The van der Waals surface area contributed by atoms with E-state index in [2.05, 4.69) is 43.1 Å². The van der Waals surface area contributed by atoms with Crippen LogP contribution in [0.2, 0.25) is 0 Å². The van der Waals surface area contributed by atoms with Gasteiger partial charge in [-0.2, -0.15) is 0 Å². The van der Waals surface area contributed by atoms with Gasteiger partial charge in [-0.1, -0.05) is 38.0 Å². The van der Waals surface area contributed by atoms with E-state index in [1.165, 1.54) is 36.9 Å². The number of benzene rings is 1. The van der Waals surface area contributed by atoms with Gasteiger partial charge in [-0.15, -0.1) is 0 Å². The number of para-hydroxylation sites is 1. The number of rotatable bonds is 4. The minimum Gasteiger partial charge on any atom is -0.371 e. The summed E-state index contributed by atoms with van der Waals surface area (Å²) < 4.78 is 0. The van der Waals surface area contributed by atoms with Crippen LogP contribution in [0.25, 0.3) is 0 Å². The smallest absolute Gasteiger partial charge is 0.0399 e. The lowest BCUT2D eigenvalue weighted by Crippen LogP contribution is -2.36. The average Bonchev–Trinajstić information content (AvgIpc) is 2.39. The monoisotopic (exact) mass is 246 g/mol. The van der Waals surface area contributed by atoms with E-state index in [-0.39, 0.29) is 0 Å². The van der Waals surface area contributed by atoms with Gasteiger partial charge in [0.25, 0.3) is 0 Å². The van der Waals surface area contributed by atoms with Crippen LogP contribution in [-0.2, 0) is 6.42 Å². The van der Waals surface area contributed by atoms with Crippen LogP contribution in [0, 0.1) is 5.92 Å². The van der Waals surface area contributed by atoms with Gasteiger partial charge < -0.3 is 10.6 Å². The van der Waals surface area contributed by atoms with Crippen molar-refractivity contribution < 1.29 is 0 Å². The molecule has 1 aliphatic carbocycles. The van der Waals surface area contributed by atoms with E-state index in [9.17, 15) is 0 Å². The lowest BCUT2D eigenvalue weighted by Gasteiger charge is -2.36. The number of anilines is 1. The maximum Gasteiger partial charge on any atom is 0.0399 e. The number of nitrogens with zero attached hydrogens (tertiary/aromatic N) is 1. The van der Waals surface area contributed by atoms with Crippen LogP contribution in [-0.4, -0.2) is 19.6 Å². The van der Waals surface area contributed by atoms with Crippen molar-refractivity contribution in [2.75, 3.05) is 18.5 Å². The molecule has 1 saturated carbocycles. The fourth-order valence-electron chi connectivity index (χ4n) is 3.17. The van der Waals surface area contributed by atoms with Gasteiger partial charge in [-0.25, -0.2) is 0 Å². The highest BCUT2D eigenvalue weighted by Crippen LogP contribution is 2.31. The molecule has 0 aromatic heterocycles. The summed E-state index contributed by atoms with van der Waals surface area (Å²) in [6.07, 6.45) is 6.40. The van der Waals surface area contributed by atoms with Crippen molar-refractivity contribution in [2.45, 2.75) is 45.1 Å². The van der Waals surface area contributed by atoms with Gasteiger partial charge in [0, 0.05) is 18.8 Å². The van der Waals surface area contributed by atoms with Gasteiger partial charge in [0.15, 0.2) is 0 Å². The highest BCUT2D eigenvalue weighted by atomic mass is 15.1. The number of nitrogens with two attached hydrogens (primary N) is 1. The zero-order chi connectivity index (χ0) is 13.0. The topological polar surface area (TPSA) is 29.3 Å². The number of hydrogen-bond acceptors (Lipinski definition) is 2. The van der Waals surface area contributed by atoms with Gasteiger partial charge >= 0.3 is 0 Å². The van der Waals surface area contributed by atoms with Crippen LogP contribution < -0.4 is 10.6 Å². The predicted molar refractivity (Wildman–Crippen MR) is 79.0 cm³/mol. The molecule has 0 bridgehead atoms. The minimum absolute atomic E-state index is 0.702. The first kappa shape index (κ1) is 13.4. The third kappa shape index (κ3) is 3.05. The normalized spacial score (nSPS) is 23.9. The summed E-state index contributed by atoms with van der Waals surface area (Å²) in [5, 5.41) is 0. The molecule has 2 unspecified atom stereocenters. The van der Waals surface area contributed by atoms with E-state index >= 15 is 0 Å². The molecule has 2 heteroatoms. The first-order valence-electron chi connectivity index (χ1n) is 7.23. The van der Waals surface area contributed by atoms with Crippen molar-refractivity contribution >= 4 is 5.69 Å². The van der Waals surface area contributed by atoms with E-state index in [1.54, 1.807) is 0 Å². The van der Waals surface area contributed by atoms with Crippen molar-refractivity contribution in [3.05, 3.63) is 29.8 Å². The molecule has 1 aromatic rings. The Hall–Kier alpha value is -1.02. The summed E-state index contributed by atoms with van der Waals surface area (Å²) in [4.78, 5) is 2.49. The van der Waals surface area contributed by atoms with E-state index in [1.807, 2.05) is 0 Å². The van der Waals surface area contributed by atoms with Gasteiger partial charge in [0.1, 0.15) is 0 Å². The average molecular weight is 246 g/mol. The second-order valence-electron chi connectivity index (χ2n) is 5.70. The molecule has 0 aliphatic heterocycles. The molecule has 1 aromatic carbocycles. The second-order valence-corrected chi connectivity index (χ2v) is 5.70. The maximum absolute atomic E-state index is 5.71. The third-order valence-corrected chi connectivity index (χ3v) is 4.24. The zero-order valence-electron chi connectivity index (χ0n) is 11.7. The lowest BCUT2D eigenvalue weighted by molar-refractivity contribution is 0.336. The Bertz CT molecular complexity index is 375. The van der Waals surface area contributed by atoms with Crippen molar-refractivity contribution in [1.82, 2.24) is 0 Å². The van der Waals surface area contributed by atoms with Crippen molar-refractivity contribution in [3.8, 4) is 0 Å². The van der Waals surface area contributed by atoms with Gasteiger partial charge in [0.2, 0.25) is 0 Å². The number of hydrogen-bond donors (Lipinski definition) is 1. The predicted octanol–water partition coefficient (Wildman–Crippen LogP) is 3.20. The second kappa shape index (κ2) is 6.24. The van der Waals surface area contributed by atoms with E-state index in [0.29, 0.717) is 6.04 Å². The molecule has 2 rings (SSSR count). The summed E-state index contributed by atoms with van der Waals surface area (Å²) in [5.41, 5.74) is 8.48. The molecule has 18 heavy (non-hydrogen) atoms. The zero-order valence-corrected chi connectivity index (χ0v) is 11.7. The quantitative estimate of drug-likeness (QED) is 0.884. The molecule has 0 spiro atoms. The van der Waals surface area contributed by atoms with Crippen LogP contribution in [0.5, 0.6) is 0 Å². The van der Waals surface area contributed by atoms with E-state index in [4.69, 9.17) is 5.73 Å². The largest absolute Gasteiger partial charge is 0.371 e. The van der Waals surface area contributed by atoms with E-state index in [0.717, 1.165) is 18.9 Å². The summed E-state index contributed by atoms with van der Waals surface area (Å²) in [7, 11) is 2.25. The van der Waals surface area contributed by atoms with Crippen molar-refractivity contribution in [1.29, 1.82) is 0 Å². The van der Waals surface area contributed by atoms with Crippen LogP contribution in [0.15, 0.2) is 24.3 Å². The standard InChI is InChI=1S/C16H26N2/c1-13-6-5-8-15(12-13)18(2)16-9-4-3-7-14(16)10-11-17/h3-4,7,9,13,15H,5-6,8,10-12,17H2,1-2H3. The fraction of sp³-hybridized carbons (Fsp3) is 0.625. The SMILES string of the molecule is CC1CCCC(N(C)c2ccccc2CCN)C1. The molecule has 2 atom stereocenters. The maximum atomic E-state index is 5.71. The molecule has 1 fully saturated rings. The molecule has 1 aliphatic rings. The summed E-state index contributed by atoms with van der Waals surface area (Å²) in [5.74, 6) is 0.868. The van der Waals surface area contributed by atoms with Gasteiger partial charge in [0.05, 0.1) is 0 Å². The minimum atomic E-state index is 0.702. The van der Waals surface area contributed by atoms with Gasteiger partial charge in [-0.05, 0) is 43.4 Å². The van der Waals surface area contributed by atoms with Gasteiger partial charge in [-0.3, -0.25) is 0 Å². The summed E-state index contributed by atoms with van der Waals surface area (Å²) >= 11 is 0. The molecule has 100 valence electrons. The van der Waals surface area contributed by atoms with Crippen LogP contribution in [0.4, 0.5) is 5.69 Å². The Kier molecular flexibility index (Phi) is 4.65. The van der Waals surface area contributed by atoms with Crippen LogP contribution >= 0.6 is 0 Å². The van der Waals surface area contributed by atoms with Crippen LogP contribution in [0.1, 0.15) is 38.2 Å². The Morgan fingerprint density at radius 2 is 2.06 bits per heavy atom. The Morgan fingerprint density at radius 3 is 2.78 bits per heavy atom. The summed E-state index contributed by atoms with van der Waals surface area (Å²) in [6.45, 7) is 3.11. The molecule has 2 nitrogen and oxygen atoms in total. The molecule has 0 saturated heterocycles. The highest BCUT2D eigenvalue weighted by molar-refractivity contribution is 5.54. The molecular weight excluding hydrogens is 220 g/mol. The molecule has 2 N–H and O–H groups in total. The molecule has 0 amide bonds. The molecule has 0 heterocycles. The Labute approximate surface area is 111 Å². The molecular formula is C16H26N2. The molecule has 0 radical (unpaired) electrons. The van der Waals surface area contributed by atoms with Crippen LogP contribution in [0.3, 0.4) is 0 Å². The first-order chi connectivity index (χ1) is 8.72. The summed E-state index contributed by atoms with van der Waals surface area (Å²) in [6, 6.07) is 9.41. The fourth-order valence-corrected chi connectivity index (χ4v) is 3.17. The Balaban J connectivity index is 2.14.